The first-order valence-corrected chi connectivity index (χ1v) is 6.92. The smallest absolute Gasteiger partial charge is 0.0733 e. The Morgan fingerprint density at radius 2 is 2.06 bits per heavy atom. The summed E-state index contributed by atoms with van der Waals surface area (Å²) < 4.78 is 0. The number of nitrogens with two attached hydrogens (primary N) is 1. The van der Waals surface area contributed by atoms with Crippen molar-refractivity contribution in [3.63, 3.8) is 0 Å². The number of rotatable bonds is 4. The first kappa shape index (κ1) is 12.3. The molecule has 0 aromatic rings. The number of thiocarbonyl (C=S) groups is 1. The zero-order valence-electron chi connectivity index (χ0n) is 10.5. The first-order chi connectivity index (χ1) is 7.51. The van der Waals surface area contributed by atoms with Gasteiger partial charge in [0, 0.05) is 19.5 Å². The van der Waals surface area contributed by atoms with Gasteiger partial charge in [0.2, 0.25) is 0 Å². The maximum absolute atomic E-state index is 5.69. The van der Waals surface area contributed by atoms with Gasteiger partial charge in [-0.15, -0.1) is 0 Å². The summed E-state index contributed by atoms with van der Waals surface area (Å²) >= 11 is 5.05. The van der Waals surface area contributed by atoms with Crippen LogP contribution in [0, 0.1) is 17.3 Å². The number of nitrogens with zero attached hydrogens (tertiary/aromatic N) is 1. The van der Waals surface area contributed by atoms with Gasteiger partial charge in [-0.05, 0) is 43.1 Å². The Balaban J connectivity index is 1.84. The van der Waals surface area contributed by atoms with Crippen molar-refractivity contribution in [3.8, 4) is 0 Å². The van der Waals surface area contributed by atoms with Crippen LogP contribution in [0.1, 0.15) is 39.5 Å². The minimum Gasteiger partial charge on any atom is -0.393 e. The predicted molar refractivity (Wildman–Crippen MR) is 72.5 cm³/mol. The average Bonchev–Trinajstić information content (AvgIpc) is 2.90. The zero-order chi connectivity index (χ0) is 11.8. The van der Waals surface area contributed by atoms with Crippen molar-refractivity contribution in [1.29, 1.82) is 0 Å². The van der Waals surface area contributed by atoms with E-state index >= 15 is 0 Å². The molecule has 2 unspecified atom stereocenters. The lowest BCUT2D eigenvalue weighted by atomic mass is 9.87. The van der Waals surface area contributed by atoms with Crippen LogP contribution >= 0.6 is 12.2 Å². The molecule has 0 amide bonds. The Labute approximate surface area is 105 Å². The van der Waals surface area contributed by atoms with E-state index in [1.807, 2.05) is 0 Å². The van der Waals surface area contributed by atoms with Crippen molar-refractivity contribution in [2.75, 3.05) is 19.6 Å². The van der Waals surface area contributed by atoms with E-state index in [2.05, 4.69) is 18.7 Å². The van der Waals surface area contributed by atoms with Gasteiger partial charge in [-0.3, -0.25) is 0 Å². The molecule has 0 radical (unpaired) electrons. The van der Waals surface area contributed by atoms with Crippen LogP contribution in [0.25, 0.3) is 0 Å². The molecule has 1 aliphatic carbocycles. The molecule has 0 aromatic carbocycles. The van der Waals surface area contributed by atoms with Crippen LogP contribution in [0.5, 0.6) is 0 Å². The lowest BCUT2D eigenvalue weighted by Crippen LogP contribution is -2.42. The molecule has 0 aromatic heterocycles. The molecule has 1 saturated heterocycles. The van der Waals surface area contributed by atoms with E-state index < -0.39 is 0 Å². The zero-order valence-corrected chi connectivity index (χ0v) is 11.4. The fourth-order valence-electron chi connectivity index (χ4n) is 2.90. The first-order valence-electron chi connectivity index (χ1n) is 6.51. The predicted octanol–water partition coefficient (Wildman–Crippen LogP) is 2.42. The molecule has 2 fully saturated rings. The molecule has 1 saturated carbocycles. The summed E-state index contributed by atoms with van der Waals surface area (Å²) in [5, 5.41) is 0. The normalized spacial score (nSPS) is 33.6. The van der Waals surface area contributed by atoms with Crippen molar-refractivity contribution in [3.05, 3.63) is 0 Å². The van der Waals surface area contributed by atoms with E-state index in [-0.39, 0.29) is 0 Å². The van der Waals surface area contributed by atoms with Gasteiger partial charge in [-0.1, -0.05) is 26.1 Å². The summed E-state index contributed by atoms with van der Waals surface area (Å²) in [6.07, 6.45) is 4.96. The Morgan fingerprint density at radius 3 is 2.56 bits per heavy atom. The molecule has 2 nitrogen and oxygen atoms in total. The number of hydrogen-bond donors (Lipinski definition) is 1. The molecule has 2 N–H and O–H groups in total. The molecule has 1 aliphatic heterocycles. The second-order valence-corrected chi connectivity index (χ2v) is 6.65. The van der Waals surface area contributed by atoms with Gasteiger partial charge in [0.05, 0.1) is 4.99 Å². The third kappa shape index (κ3) is 2.95. The van der Waals surface area contributed by atoms with Crippen LogP contribution in [-0.4, -0.2) is 29.5 Å². The molecular formula is C13H24N2S. The van der Waals surface area contributed by atoms with Crippen molar-refractivity contribution in [2.24, 2.45) is 23.0 Å². The van der Waals surface area contributed by atoms with E-state index in [9.17, 15) is 0 Å². The number of likely N-dealkylation sites (tertiary alicyclic amines) is 1. The van der Waals surface area contributed by atoms with Gasteiger partial charge in [0.25, 0.3) is 0 Å². The van der Waals surface area contributed by atoms with Crippen molar-refractivity contribution < 1.29 is 0 Å². The minimum absolute atomic E-state index is 0.464. The van der Waals surface area contributed by atoms with Gasteiger partial charge in [0.15, 0.2) is 0 Å². The number of hydrogen-bond acceptors (Lipinski definition) is 2. The van der Waals surface area contributed by atoms with E-state index in [1.165, 1.54) is 38.9 Å². The summed E-state index contributed by atoms with van der Waals surface area (Å²) in [6.45, 7) is 8.51. The molecular weight excluding hydrogens is 216 g/mol. The van der Waals surface area contributed by atoms with E-state index in [4.69, 9.17) is 18.0 Å². The van der Waals surface area contributed by atoms with Crippen LogP contribution in [0.3, 0.4) is 0 Å². The highest BCUT2D eigenvalue weighted by Gasteiger charge is 2.44. The van der Waals surface area contributed by atoms with E-state index in [1.54, 1.807) is 0 Å². The average molecular weight is 240 g/mol. The third-order valence-corrected chi connectivity index (χ3v) is 4.63. The molecule has 0 spiro atoms. The molecule has 1 heterocycles. The molecule has 2 aliphatic rings. The highest BCUT2D eigenvalue weighted by molar-refractivity contribution is 7.80. The highest BCUT2D eigenvalue weighted by atomic mass is 32.1. The quantitative estimate of drug-likeness (QED) is 0.765. The summed E-state index contributed by atoms with van der Waals surface area (Å²) in [6, 6.07) is 0. The lowest BCUT2D eigenvalue weighted by molar-refractivity contribution is 0.116. The van der Waals surface area contributed by atoms with Crippen LogP contribution in [-0.2, 0) is 0 Å². The molecule has 0 bridgehead atoms. The van der Waals surface area contributed by atoms with Gasteiger partial charge in [-0.2, -0.15) is 0 Å². The topological polar surface area (TPSA) is 29.3 Å². The van der Waals surface area contributed by atoms with Gasteiger partial charge < -0.3 is 10.6 Å². The molecule has 3 heteroatoms. The monoisotopic (exact) mass is 240 g/mol. The maximum Gasteiger partial charge on any atom is 0.0733 e. The molecule has 16 heavy (non-hydrogen) atoms. The fraction of sp³-hybridized carbons (Fsp3) is 0.923. The summed E-state index contributed by atoms with van der Waals surface area (Å²) in [5.74, 6) is 1.73. The third-order valence-electron chi connectivity index (χ3n) is 4.48. The molecule has 2 rings (SSSR count). The Morgan fingerprint density at radius 1 is 1.38 bits per heavy atom. The summed E-state index contributed by atoms with van der Waals surface area (Å²) in [7, 11) is 0. The van der Waals surface area contributed by atoms with Crippen LogP contribution in [0.4, 0.5) is 0 Å². The van der Waals surface area contributed by atoms with Crippen molar-refractivity contribution in [2.45, 2.75) is 39.5 Å². The number of piperidine rings is 1. The maximum atomic E-state index is 5.69. The highest BCUT2D eigenvalue weighted by Crippen LogP contribution is 2.49. The van der Waals surface area contributed by atoms with Gasteiger partial charge >= 0.3 is 0 Å². The van der Waals surface area contributed by atoms with Crippen LogP contribution in [0.2, 0.25) is 0 Å². The van der Waals surface area contributed by atoms with Crippen LogP contribution < -0.4 is 5.73 Å². The molecule has 92 valence electrons. The minimum atomic E-state index is 0.464. The Kier molecular flexibility index (Phi) is 3.55. The summed E-state index contributed by atoms with van der Waals surface area (Å²) in [4.78, 5) is 3.34. The SMILES string of the molecule is CC1CCN(CC2(CC(N)=S)CC2)CC1C. The van der Waals surface area contributed by atoms with Crippen LogP contribution in [0.15, 0.2) is 0 Å². The Bertz CT molecular complexity index is 273. The second kappa shape index (κ2) is 4.61. The lowest BCUT2D eigenvalue weighted by Gasteiger charge is -2.37. The van der Waals surface area contributed by atoms with Crippen molar-refractivity contribution in [1.82, 2.24) is 4.90 Å². The van der Waals surface area contributed by atoms with Gasteiger partial charge in [0.1, 0.15) is 0 Å². The fourth-order valence-corrected chi connectivity index (χ4v) is 3.21. The largest absolute Gasteiger partial charge is 0.393 e. The Hall–Kier alpha value is -0.150. The second-order valence-electron chi connectivity index (χ2n) is 6.12. The van der Waals surface area contributed by atoms with Gasteiger partial charge in [-0.25, -0.2) is 0 Å². The van der Waals surface area contributed by atoms with E-state index in [0.29, 0.717) is 10.4 Å². The summed E-state index contributed by atoms with van der Waals surface area (Å²) in [5.41, 5.74) is 6.15. The van der Waals surface area contributed by atoms with E-state index in [0.717, 1.165) is 18.3 Å². The standard InChI is InChI=1S/C13H24N2S/c1-10-3-6-15(8-11(10)2)9-13(4-5-13)7-12(14)16/h10-11H,3-9H2,1-2H3,(H2,14,16). The molecule has 2 atom stereocenters. The van der Waals surface area contributed by atoms with Crippen molar-refractivity contribution >= 4 is 17.2 Å².